The van der Waals surface area contributed by atoms with Crippen LogP contribution >= 0.6 is 0 Å². The monoisotopic (exact) mass is 443 g/mol. The number of rotatable bonds is 3. The van der Waals surface area contributed by atoms with Gasteiger partial charge in [-0.1, -0.05) is 49.4 Å². The molecular formula is C27H23F2N3O. The second-order valence-electron chi connectivity index (χ2n) is 8.11. The Kier molecular flexibility index (Phi) is 5.42. The molecular weight excluding hydrogens is 420 g/mol. The molecule has 0 radical (unpaired) electrons. The van der Waals surface area contributed by atoms with Crippen molar-refractivity contribution in [3.8, 4) is 5.69 Å². The highest BCUT2D eigenvalue weighted by molar-refractivity contribution is 5.90. The maximum Gasteiger partial charge on any atom is 0.323 e. The van der Waals surface area contributed by atoms with Crippen molar-refractivity contribution in [3.63, 3.8) is 0 Å². The zero-order valence-electron chi connectivity index (χ0n) is 18.1. The maximum absolute atomic E-state index is 14.3. The molecule has 1 atom stereocenters. The molecule has 4 aromatic rings. The molecule has 4 nitrogen and oxygen atoms in total. The predicted molar refractivity (Wildman–Crippen MR) is 124 cm³/mol. The summed E-state index contributed by atoms with van der Waals surface area (Å²) in [6.45, 7) is 2.40. The number of nitrogens with zero attached hydrogens (tertiary/aromatic N) is 2. The molecule has 0 spiro atoms. The van der Waals surface area contributed by atoms with Crippen molar-refractivity contribution in [1.29, 1.82) is 0 Å². The van der Waals surface area contributed by atoms with Gasteiger partial charge in [-0.3, -0.25) is 0 Å². The molecule has 1 aliphatic heterocycles. The van der Waals surface area contributed by atoms with Crippen molar-refractivity contribution in [2.45, 2.75) is 25.9 Å². The van der Waals surface area contributed by atoms with Gasteiger partial charge in [-0.15, -0.1) is 0 Å². The molecule has 33 heavy (non-hydrogen) atoms. The Morgan fingerprint density at radius 1 is 1.00 bits per heavy atom. The zero-order valence-corrected chi connectivity index (χ0v) is 18.1. The number of hydrogen-bond acceptors (Lipinski definition) is 1. The number of hydrogen-bond donors (Lipinski definition) is 1. The molecule has 3 aromatic carbocycles. The minimum absolute atomic E-state index is 0.187. The summed E-state index contributed by atoms with van der Waals surface area (Å²) in [6.07, 6.45) is 2.89. The van der Waals surface area contributed by atoms with Crippen LogP contribution in [0.15, 0.2) is 85.1 Å². The quantitative estimate of drug-likeness (QED) is 0.388. The van der Waals surface area contributed by atoms with Crippen molar-refractivity contribution < 1.29 is 13.6 Å². The van der Waals surface area contributed by atoms with Gasteiger partial charge >= 0.3 is 6.03 Å². The smallest absolute Gasteiger partial charge is 0.318 e. The van der Waals surface area contributed by atoms with Crippen LogP contribution in [0.4, 0.5) is 19.3 Å². The molecule has 0 fully saturated rings. The van der Waals surface area contributed by atoms with Gasteiger partial charge in [0.05, 0.1) is 24.0 Å². The van der Waals surface area contributed by atoms with E-state index in [1.807, 2.05) is 54.7 Å². The largest absolute Gasteiger partial charge is 0.323 e. The Bertz CT molecular complexity index is 1310. The summed E-state index contributed by atoms with van der Waals surface area (Å²) in [5, 5.41) is 2.59. The van der Waals surface area contributed by atoms with Gasteiger partial charge in [0, 0.05) is 18.0 Å². The summed E-state index contributed by atoms with van der Waals surface area (Å²) in [6, 6.07) is 22.1. The molecule has 1 aromatic heterocycles. The number of halogens is 2. The first-order valence-electron chi connectivity index (χ1n) is 10.9. The SMILES string of the molecule is CCc1ccc(C2c3cccn3-c3ccccc3CN2C(=O)Nc2cc(F)ccc2F)cc1. The summed E-state index contributed by atoms with van der Waals surface area (Å²) in [5.74, 6) is -1.30. The first kappa shape index (κ1) is 20.9. The Balaban J connectivity index is 1.63. The van der Waals surface area contributed by atoms with E-state index in [1.54, 1.807) is 4.90 Å². The van der Waals surface area contributed by atoms with E-state index in [1.165, 1.54) is 5.56 Å². The number of aryl methyl sites for hydroxylation is 1. The van der Waals surface area contributed by atoms with E-state index in [2.05, 4.69) is 28.9 Å². The second kappa shape index (κ2) is 8.54. The Morgan fingerprint density at radius 2 is 1.79 bits per heavy atom. The normalized spacial score (nSPS) is 14.9. The van der Waals surface area contributed by atoms with Crippen molar-refractivity contribution in [1.82, 2.24) is 9.47 Å². The van der Waals surface area contributed by atoms with Crippen molar-refractivity contribution in [2.24, 2.45) is 0 Å². The number of fused-ring (bicyclic) bond motifs is 3. The topological polar surface area (TPSA) is 37.3 Å². The Labute approximate surface area is 191 Å². The van der Waals surface area contributed by atoms with Crippen LogP contribution in [0.3, 0.4) is 0 Å². The fraction of sp³-hybridized carbons (Fsp3) is 0.148. The Hall–Kier alpha value is -3.93. The summed E-state index contributed by atoms with van der Waals surface area (Å²) in [4.78, 5) is 15.2. The van der Waals surface area contributed by atoms with Gasteiger partial charge in [-0.2, -0.15) is 0 Å². The molecule has 2 amide bonds. The third kappa shape index (κ3) is 3.89. The first-order chi connectivity index (χ1) is 16.0. The van der Waals surface area contributed by atoms with Gasteiger partial charge in [0.25, 0.3) is 0 Å². The minimum atomic E-state index is -0.688. The third-order valence-electron chi connectivity index (χ3n) is 6.10. The van der Waals surface area contributed by atoms with E-state index < -0.39 is 23.7 Å². The molecule has 5 rings (SSSR count). The highest BCUT2D eigenvalue weighted by atomic mass is 19.1. The minimum Gasteiger partial charge on any atom is -0.318 e. The Morgan fingerprint density at radius 3 is 2.58 bits per heavy atom. The average molecular weight is 443 g/mol. The summed E-state index contributed by atoms with van der Waals surface area (Å²) >= 11 is 0. The lowest BCUT2D eigenvalue weighted by Gasteiger charge is -2.31. The van der Waals surface area contributed by atoms with Gasteiger partial charge in [0.2, 0.25) is 0 Å². The van der Waals surface area contributed by atoms with Gasteiger partial charge in [-0.25, -0.2) is 13.6 Å². The summed E-state index contributed by atoms with van der Waals surface area (Å²) in [5.41, 5.74) is 4.81. The van der Waals surface area contributed by atoms with Crippen LogP contribution in [0.25, 0.3) is 5.69 Å². The van der Waals surface area contributed by atoms with E-state index in [0.29, 0.717) is 6.54 Å². The van der Waals surface area contributed by atoms with Crippen LogP contribution in [0.1, 0.15) is 35.3 Å². The number of anilines is 1. The number of aromatic nitrogens is 1. The molecule has 0 saturated carbocycles. The number of benzene rings is 3. The van der Waals surface area contributed by atoms with Gasteiger partial charge in [0.1, 0.15) is 11.6 Å². The van der Waals surface area contributed by atoms with Crippen LogP contribution < -0.4 is 5.32 Å². The predicted octanol–water partition coefficient (Wildman–Crippen LogP) is 6.46. The summed E-state index contributed by atoms with van der Waals surface area (Å²) in [7, 11) is 0. The molecule has 1 N–H and O–H groups in total. The first-order valence-corrected chi connectivity index (χ1v) is 10.9. The highest BCUT2D eigenvalue weighted by Crippen LogP contribution is 2.37. The molecule has 0 aliphatic carbocycles. The van der Waals surface area contributed by atoms with Gasteiger partial charge in [0.15, 0.2) is 0 Å². The maximum atomic E-state index is 14.3. The van der Waals surface area contributed by atoms with E-state index in [9.17, 15) is 13.6 Å². The lowest BCUT2D eigenvalue weighted by Crippen LogP contribution is -2.38. The highest BCUT2D eigenvalue weighted by Gasteiger charge is 2.33. The number of amides is 2. The van der Waals surface area contributed by atoms with Crippen molar-refractivity contribution in [3.05, 3.63) is 119 Å². The van der Waals surface area contributed by atoms with Crippen molar-refractivity contribution >= 4 is 11.7 Å². The van der Waals surface area contributed by atoms with Crippen molar-refractivity contribution in [2.75, 3.05) is 5.32 Å². The van der Waals surface area contributed by atoms with E-state index in [0.717, 1.165) is 47.1 Å². The lowest BCUT2D eigenvalue weighted by atomic mass is 10.00. The molecule has 0 saturated heterocycles. The van der Waals surface area contributed by atoms with Crippen LogP contribution in [0.2, 0.25) is 0 Å². The lowest BCUT2D eigenvalue weighted by molar-refractivity contribution is 0.194. The average Bonchev–Trinajstić information content (AvgIpc) is 3.26. The van der Waals surface area contributed by atoms with Gasteiger partial charge in [-0.05, 0) is 53.4 Å². The number of para-hydroxylation sites is 1. The number of carbonyl (C=O) groups excluding carboxylic acids is 1. The number of urea groups is 1. The molecule has 166 valence electrons. The molecule has 2 heterocycles. The third-order valence-corrected chi connectivity index (χ3v) is 6.10. The van der Waals surface area contributed by atoms with Crippen LogP contribution in [-0.2, 0) is 13.0 Å². The van der Waals surface area contributed by atoms with E-state index in [-0.39, 0.29) is 5.69 Å². The summed E-state index contributed by atoms with van der Waals surface area (Å²) < 4.78 is 30.1. The van der Waals surface area contributed by atoms with Crippen LogP contribution in [0.5, 0.6) is 0 Å². The molecule has 1 unspecified atom stereocenters. The fourth-order valence-corrected chi connectivity index (χ4v) is 4.41. The van der Waals surface area contributed by atoms with Crippen LogP contribution in [-0.4, -0.2) is 15.5 Å². The standard InChI is InChI=1S/C27H23F2N3O/c1-2-18-9-11-19(12-10-18)26-25-8-5-15-31(25)24-7-4-3-6-20(24)17-32(26)27(33)30-23-16-21(28)13-14-22(23)29/h3-16,26H,2,17H2,1H3,(H,30,33). The molecule has 6 heteroatoms. The zero-order chi connectivity index (χ0) is 22.9. The molecule has 1 aliphatic rings. The number of carbonyl (C=O) groups is 1. The van der Waals surface area contributed by atoms with Crippen LogP contribution in [0, 0.1) is 11.6 Å². The van der Waals surface area contributed by atoms with Gasteiger partial charge < -0.3 is 14.8 Å². The van der Waals surface area contributed by atoms with E-state index >= 15 is 0 Å². The second-order valence-corrected chi connectivity index (χ2v) is 8.11. The fourth-order valence-electron chi connectivity index (χ4n) is 4.41. The number of nitrogens with one attached hydrogen (secondary N) is 1. The molecule has 0 bridgehead atoms. The van der Waals surface area contributed by atoms with E-state index in [4.69, 9.17) is 0 Å².